The molecule has 1 saturated heterocycles. The summed E-state index contributed by atoms with van der Waals surface area (Å²) in [5.41, 5.74) is 5.11. The van der Waals surface area contributed by atoms with Gasteiger partial charge in [-0.25, -0.2) is 24.4 Å². The third-order valence-electron chi connectivity index (χ3n) is 7.83. The Morgan fingerprint density at radius 2 is 1.47 bits per heavy atom. The molecule has 3 aromatic carbocycles. The van der Waals surface area contributed by atoms with Crippen molar-refractivity contribution in [2.24, 2.45) is 5.92 Å². The number of methoxy groups -OCH3 is 1. The fourth-order valence-corrected chi connectivity index (χ4v) is 5.67. The Morgan fingerprint density at radius 3 is 2.07 bits per heavy atom. The number of nitrogens with zero attached hydrogens (tertiary/aromatic N) is 2. The number of rotatable bonds is 8. The summed E-state index contributed by atoms with van der Waals surface area (Å²) in [7, 11) is 1.22. The minimum absolute atomic E-state index is 0.00724. The molecule has 2 aliphatic rings. The molecule has 1 aliphatic heterocycles. The molecule has 3 amide bonds. The first-order valence-corrected chi connectivity index (χ1v) is 14.3. The van der Waals surface area contributed by atoms with Crippen molar-refractivity contribution in [3.05, 3.63) is 95.6 Å². The number of hydrogen-bond acceptors (Lipinski definition) is 7. The zero-order valence-corrected chi connectivity index (χ0v) is 24.4. The van der Waals surface area contributed by atoms with Gasteiger partial charge < -0.3 is 19.5 Å². The predicted molar refractivity (Wildman–Crippen MR) is 157 cm³/mol. The van der Waals surface area contributed by atoms with E-state index in [-0.39, 0.29) is 32.1 Å². The van der Waals surface area contributed by atoms with Gasteiger partial charge in [-0.15, -0.1) is 0 Å². The van der Waals surface area contributed by atoms with Gasteiger partial charge in [-0.1, -0.05) is 92.7 Å². The van der Waals surface area contributed by atoms with Crippen LogP contribution < -0.4 is 5.32 Å². The van der Waals surface area contributed by atoms with Crippen molar-refractivity contribution < 1.29 is 33.4 Å². The van der Waals surface area contributed by atoms with Gasteiger partial charge >= 0.3 is 18.2 Å². The van der Waals surface area contributed by atoms with E-state index in [1.54, 1.807) is 13.8 Å². The fourth-order valence-electron chi connectivity index (χ4n) is 5.67. The van der Waals surface area contributed by atoms with Crippen LogP contribution in [-0.2, 0) is 30.4 Å². The predicted octanol–water partition coefficient (Wildman–Crippen LogP) is 4.88. The monoisotopic (exact) mass is 585 g/mol. The van der Waals surface area contributed by atoms with Crippen molar-refractivity contribution in [2.45, 2.75) is 44.9 Å². The molecule has 5 rings (SSSR count). The van der Waals surface area contributed by atoms with Crippen LogP contribution in [0.4, 0.5) is 9.59 Å². The number of hydrazine groups is 1. The maximum absolute atomic E-state index is 13.9. The van der Waals surface area contributed by atoms with Crippen molar-refractivity contribution in [2.75, 3.05) is 20.3 Å². The van der Waals surface area contributed by atoms with Crippen molar-refractivity contribution in [3.8, 4) is 11.1 Å². The molecule has 43 heavy (non-hydrogen) atoms. The highest BCUT2D eigenvalue weighted by Gasteiger charge is 2.46. The summed E-state index contributed by atoms with van der Waals surface area (Å²) in [6.07, 6.45) is -1.40. The van der Waals surface area contributed by atoms with Crippen molar-refractivity contribution >= 4 is 24.1 Å². The lowest BCUT2D eigenvalue weighted by Gasteiger charge is -2.34. The second-order valence-corrected chi connectivity index (χ2v) is 10.9. The second-order valence-electron chi connectivity index (χ2n) is 10.9. The van der Waals surface area contributed by atoms with Crippen LogP contribution in [-0.4, -0.2) is 66.4 Å². The molecular weight excluding hydrogens is 550 g/mol. The van der Waals surface area contributed by atoms with E-state index in [0.717, 1.165) is 37.8 Å². The molecule has 0 spiro atoms. The smallest absolute Gasteiger partial charge is 0.429 e. The van der Waals surface area contributed by atoms with Crippen LogP contribution >= 0.6 is 0 Å². The molecule has 3 aromatic rings. The van der Waals surface area contributed by atoms with Crippen LogP contribution in [0.25, 0.3) is 11.1 Å². The minimum atomic E-state index is -1.09. The van der Waals surface area contributed by atoms with Crippen molar-refractivity contribution in [1.82, 2.24) is 15.3 Å². The molecule has 10 nitrogen and oxygen atoms in total. The highest BCUT2D eigenvalue weighted by Crippen LogP contribution is 2.44. The van der Waals surface area contributed by atoms with Gasteiger partial charge in [0.25, 0.3) is 5.91 Å². The molecule has 10 heteroatoms. The number of ether oxygens (including phenoxy) is 3. The lowest BCUT2D eigenvalue weighted by Crippen LogP contribution is -2.59. The summed E-state index contributed by atoms with van der Waals surface area (Å²) < 4.78 is 16.1. The average molecular weight is 586 g/mol. The van der Waals surface area contributed by atoms with Gasteiger partial charge in [-0.05, 0) is 33.7 Å². The molecule has 1 aliphatic carbocycles. The van der Waals surface area contributed by atoms with Crippen molar-refractivity contribution in [3.63, 3.8) is 0 Å². The molecule has 0 radical (unpaired) electrons. The molecule has 1 heterocycles. The topological polar surface area (TPSA) is 114 Å². The maximum Gasteiger partial charge on any atom is 0.429 e. The minimum Gasteiger partial charge on any atom is -0.467 e. The van der Waals surface area contributed by atoms with Gasteiger partial charge in [0.05, 0.1) is 7.11 Å². The van der Waals surface area contributed by atoms with E-state index >= 15 is 0 Å². The average Bonchev–Trinajstić information content (AvgIpc) is 3.61. The number of esters is 1. The Morgan fingerprint density at radius 1 is 0.860 bits per heavy atom. The van der Waals surface area contributed by atoms with Gasteiger partial charge in [0.2, 0.25) is 0 Å². The molecule has 2 atom stereocenters. The van der Waals surface area contributed by atoms with Gasteiger partial charge in [0.1, 0.15) is 19.3 Å². The first-order chi connectivity index (χ1) is 20.8. The molecular formula is C33H35N3O7. The van der Waals surface area contributed by atoms with Crippen LogP contribution in [0.15, 0.2) is 78.9 Å². The van der Waals surface area contributed by atoms with Crippen LogP contribution in [0.2, 0.25) is 0 Å². The van der Waals surface area contributed by atoms with E-state index in [1.807, 2.05) is 78.9 Å². The highest BCUT2D eigenvalue weighted by molar-refractivity contribution is 5.92. The third kappa shape index (κ3) is 6.18. The number of amides is 3. The number of hydrogen-bond donors (Lipinski definition) is 1. The Balaban J connectivity index is 1.29. The normalized spacial score (nSPS) is 16.3. The van der Waals surface area contributed by atoms with Crippen LogP contribution in [0.5, 0.6) is 0 Å². The fraction of sp³-hybridized carbons (Fsp3) is 0.333. The zero-order valence-electron chi connectivity index (χ0n) is 24.4. The Labute approximate surface area is 250 Å². The van der Waals surface area contributed by atoms with E-state index < -0.39 is 42.1 Å². The number of benzene rings is 3. The lowest BCUT2D eigenvalue weighted by molar-refractivity contribution is -0.161. The molecule has 224 valence electrons. The summed E-state index contributed by atoms with van der Waals surface area (Å²) in [6, 6.07) is 23.0. The van der Waals surface area contributed by atoms with Crippen LogP contribution in [0, 0.1) is 5.92 Å². The quantitative estimate of drug-likeness (QED) is 0.296. The molecule has 0 bridgehead atoms. The summed E-state index contributed by atoms with van der Waals surface area (Å²) >= 11 is 0. The van der Waals surface area contributed by atoms with E-state index in [0.29, 0.717) is 0 Å². The molecule has 1 fully saturated rings. The maximum atomic E-state index is 13.9. The number of alkyl carbamates (subject to hydrolysis) is 1. The standard InChI is InChI=1S/C33H35N3O7/c1-21(2)29(34-32(39)42-20-27-25-15-9-7-13-23(25)24-14-8-10-16-26(24)27)30(37)36-28(31(38)41-3)17-18-35(36)33(40)43-19-22-11-5-4-6-12-22/h4-16,21,27-29H,17-20H2,1-3H3,(H,34,39)/t28-,29-/m0/s1. The highest BCUT2D eigenvalue weighted by atomic mass is 16.6. The van der Waals surface area contributed by atoms with Crippen LogP contribution in [0.1, 0.15) is 42.9 Å². The van der Waals surface area contributed by atoms with Gasteiger partial charge in [0.15, 0.2) is 6.04 Å². The number of carbonyl (C=O) groups excluding carboxylic acids is 4. The van der Waals surface area contributed by atoms with Gasteiger partial charge in [-0.3, -0.25) is 4.79 Å². The summed E-state index contributed by atoms with van der Waals surface area (Å²) in [5.74, 6) is -1.86. The Kier molecular flexibility index (Phi) is 8.94. The zero-order chi connectivity index (χ0) is 30.5. The van der Waals surface area contributed by atoms with E-state index in [1.165, 1.54) is 7.11 Å². The Hall–Kier alpha value is -4.86. The van der Waals surface area contributed by atoms with E-state index in [2.05, 4.69) is 5.32 Å². The van der Waals surface area contributed by atoms with Crippen LogP contribution in [0.3, 0.4) is 0 Å². The summed E-state index contributed by atoms with van der Waals surface area (Å²) in [6.45, 7) is 3.65. The third-order valence-corrected chi connectivity index (χ3v) is 7.83. The van der Waals surface area contributed by atoms with E-state index in [9.17, 15) is 19.2 Å². The van der Waals surface area contributed by atoms with Crippen molar-refractivity contribution in [1.29, 1.82) is 0 Å². The number of carbonyl (C=O) groups is 4. The van der Waals surface area contributed by atoms with Gasteiger partial charge in [-0.2, -0.15) is 0 Å². The molecule has 0 unspecified atom stereocenters. The summed E-state index contributed by atoms with van der Waals surface area (Å²) in [5, 5.41) is 4.82. The molecule has 1 N–H and O–H groups in total. The molecule has 0 aromatic heterocycles. The van der Waals surface area contributed by atoms with Gasteiger partial charge in [0, 0.05) is 18.9 Å². The largest absolute Gasteiger partial charge is 0.467 e. The first-order valence-electron chi connectivity index (χ1n) is 14.3. The lowest BCUT2D eigenvalue weighted by atomic mass is 9.98. The van der Waals surface area contributed by atoms with E-state index in [4.69, 9.17) is 14.2 Å². The first kappa shape index (κ1) is 29.6. The number of nitrogens with one attached hydrogen (secondary N) is 1. The summed E-state index contributed by atoms with van der Waals surface area (Å²) in [4.78, 5) is 52.8. The Bertz CT molecular complexity index is 1450. The SMILES string of the molecule is COC(=O)[C@@H]1CCN(C(=O)OCc2ccccc2)N1C(=O)[C@@H](NC(=O)OCC1c2ccccc2-c2ccccc21)C(C)C. The number of fused-ring (bicyclic) bond motifs is 3. The molecule has 0 saturated carbocycles. The second kappa shape index (κ2) is 13.0.